The molecule has 1 aromatic heterocycles. The van der Waals surface area contributed by atoms with E-state index >= 15 is 0 Å². The number of ether oxygens (including phenoxy) is 1. The van der Waals surface area contributed by atoms with E-state index in [4.69, 9.17) is 16.3 Å². The lowest BCUT2D eigenvalue weighted by Crippen LogP contribution is -2.49. The molecule has 0 radical (unpaired) electrons. The van der Waals surface area contributed by atoms with Gasteiger partial charge in [0.2, 0.25) is 5.91 Å². The molecule has 190 valence electrons. The number of para-hydroxylation sites is 1. The molecular formula is C29H29ClN4O3. The number of amides is 2. The van der Waals surface area contributed by atoms with E-state index in [9.17, 15) is 9.59 Å². The molecule has 2 amide bonds. The summed E-state index contributed by atoms with van der Waals surface area (Å²) < 4.78 is 6.32. The van der Waals surface area contributed by atoms with Crippen molar-refractivity contribution in [2.75, 3.05) is 20.1 Å². The molecule has 1 N–H and O–H groups in total. The van der Waals surface area contributed by atoms with E-state index in [2.05, 4.69) is 10.2 Å². The predicted octanol–water partition coefficient (Wildman–Crippen LogP) is 5.17. The van der Waals surface area contributed by atoms with Crippen LogP contribution in [0.25, 0.3) is 10.9 Å². The van der Waals surface area contributed by atoms with Crippen LogP contribution >= 0.6 is 11.6 Å². The van der Waals surface area contributed by atoms with E-state index in [-0.39, 0.29) is 30.3 Å². The number of fused-ring (bicyclic) bond motifs is 1. The van der Waals surface area contributed by atoms with Crippen molar-refractivity contribution < 1.29 is 14.3 Å². The molecule has 0 unspecified atom stereocenters. The van der Waals surface area contributed by atoms with Crippen LogP contribution in [0.3, 0.4) is 0 Å². The van der Waals surface area contributed by atoms with Gasteiger partial charge in [0, 0.05) is 55.9 Å². The average Bonchev–Trinajstić information content (AvgIpc) is 3.35. The molecular weight excluding hydrogens is 488 g/mol. The van der Waals surface area contributed by atoms with Crippen LogP contribution in [0.5, 0.6) is 5.75 Å². The summed E-state index contributed by atoms with van der Waals surface area (Å²) in [5, 5.41) is 8.66. The van der Waals surface area contributed by atoms with Gasteiger partial charge in [0.15, 0.2) is 5.69 Å². The first-order valence-corrected chi connectivity index (χ1v) is 12.8. The van der Waals surface area contributed by atoms with Gasteiger partial charge in [-0.1, -0.05) is 60.1 Å². The summed E-state index contributed by atoms with van der Waals surface area (Å²) >= 11 is 6.04. The topological polar surface area (TPSA) is 78.5 Å². The highest BCUT2D eigenvalue weighted by Crippen LogP contribution is 2.29. The summed E-state index contributed by atoms with van der Waals surface area (Å²) in [6, 6.07) is 24.7. The number of aromatic nitrogens is 2. The Morgan fingerprint density at radius 2 is 1.78 bits per heavy atom. The largest absolute Gasteiger partial charge is 0.490 e. The molecule has 4 aromatic rings. The number of hydrogen-bond donors (Lipinski definition) is 1. The molecule has 0 saturated carbocycles. The maximum absolute atomic E-state index is 13.5. The Hall–Kier alpha value is -3.84. The maximum atomic E-state index is 13.5. The van der Waals surface area contributed by atoms with Crippen LogP contribution in [0.2, 0.25) is 5.02 Å². The fourth-order valence-corrected chi connectivity index (χ4v) is 4.96. The molecule has 1 fully saturated rings. The summed E-state index contributed by atoms with van der Waals surface area (Å²) in [5.74, 6) is 0.391. The number of halogens is 1. The molecule has 0 bridgehead atoms. The number of nitrogens with zero attached hydrogens (tertiary/aromatic N) is 3. The third-order valence-electron chi connectivity index (χ3n) is 6.85. The summed E-state index contributed by atoms with van der Waals surface area (Å²) in [6.45, 7) is 1.45. The lowest BCUT2D eigenvalue weighted by Gasteiger charge is -2.38. The van der Waals surface area contributed by atoms with E-state index in [1.54, 1.807) is 21.9 Å². The molecule has 0 spiro atoms. The van der Waals surface area contributed by atoms with Gasteiger partial charge in [-0.05, 0) is 35.9 Å². The number of hydrogen-bond acceptors (Lipinski definition) is 4. The Kier molecular flexibility index (Phi) is 7.42. The number of carbonyl (C=O) groups is 2. The van der Waals surface area contributed by atoms with E-state index in [1.165, 1.54) is 0 Å². The van der Waals surface area contributed by atoms with Gasteiger partial charge in [-0.2, -0.15) is 5.10 Å². The van der Waals surface area contributed by atoms with Gasteiger partial charge in [-0.25, -0.2) is 0 Å². The summed E-state index contributed by atoms with van der Waals surface area (Å²) in [5.41, 5.74) is 2.29. The minimum Gasteiger partial charge on any atom is -0.490 e. The quantitative estimate of drug-likeness (QED) is 0.367. The van der Waals surface area contributed by atoms with Crippen molar-refractivity contribution in [1.82, 2.24) is 20.0 Å². The number of likely N-dealkylation sites (tertiary alicyclic amines) is 1. The zero-order chi connectivity index (χ0) is 25.8. The van der Waals surface area contributed by atoms with Crippen LogP contribution in [0.15, 0.2) is 78.9 Å². The summed E-state index contributed by atoms with van der Waals surface area (Å²) in [6.07, 6.45) is 0.666. The molecule has 1 saturated heterocycles. The fourth-order valence-electron chi connectivity index (χ4n) is 4.84. The normalized spacial score (nSPS) is 17.5. The third-order valence-corrected chi connectivity index (χ3v) is 7.10. The van der Waals surface area contributed by atoms with E-state index in [0.29, 0.717) is 42.5 Å². The number of benzene rings is 3. The number of rotatable bonds is 7. The Labute approximate surface area is 221 Å². The second-order valence-electron chi connectivity index (χ2n) is 9.47. The molecule has 1 aliphatic heterocycles. The van der Waals surface area contributed by atoms with Crippen molar-refractivity contribution in [1.29, 1.82) is 0 Å². The van der Waals surface area contributed by atoms with Crippen LogP contribution < -0.4 is 4.74 Å². The van der Waals surface area contributed by atoms with Gasteiger partial charge < -0.3 is 14.5 Å². The number of nitrogens with one attached hydrogen (secondary N) is 1. The van der Waals surface area contributed by atoms with E-state index < -0.39 is 0 Å². The van der Waals surface area contributed by atoms with E-state index in [0.717, 1.165) is 16.5 Å². The van der Waals surface area contributed by atoms with Crippen molar-refractivity contribution >= 4 is 34.3 Å². The molecule has 5 rings (SSSR count). The lowest BCUT2D eigenvalue weighted by molar-refractivity contribution is -0.132. The summed E-state index contributed by atoms with van der Waals surface area (Å²) in [7, 11) is 1.81. The molecule has 0 aliphatic carbocycles. The Bertz CT molecular complexity index is 1370. The van der Waals surface area contributed by atoms with Crippen molar-refractivity contribution in [2.45, 2.75) is 25.5 Å². The average molecular weight is 517 g/mol. The van der Waals surface area contributed by atoms with Crippen molar-refractivity contribution in [2.24, 2.45) is 5.92 Å². The highest BCUT2D eigenvalue weighted by Gasteiger charge is 2.36. The number of H-pyrrole nitrogens is 1. The maximum Gasteiger partial charge on any atom is 0.275 e. The van der Waals surface area contributed by atoms with Crippen molar-refractivity contribution in [3.05, 3.63) is 95.1 Å². The van der Waals surface area contributed by atoms with Crippen LogP contribution in [-0.4, -0.2) is 58.1 Å². The molecule has 7 nitrogen and oxygen atoms in total. The zero-order valence-electron chi connectivity index (χ0n) is 20.6. The smallest absolute Gasteiger partial charge is 0.275 e. The third kappa shape index (κ3) is 5.78. The first-order valence-electron chi connectivity index (χ1n) is 12.4. The van der Waals surface area contributed by atoms with Crippen LogP contribution in [0.1, 0.15) is 28.9 Å². The lowest BCUT2D eigenvalue weighted by atomic mass is 9.90. The summed E-state index contributed by atoms with van der Waals surface area (Å²) in [4.78, 5) is 30.3. The van der Waals surface area contributed by atoms with Crippen LogP contribution in [-0.2, 0) is 11.3 Å². The van der Waals surface area contributed by atoms with Gasteiger partial charge in [0.05, 0.1) is 5.52 Å². The molecule has 37 heavy (non-hydrogen) atoms. The second kappa shape index (κ2) is 11.0. The molecule has 2 atom stereocenters. The first-order chi connectivity index (χ1) is 18.0. The molecule has 2 heterocycles. The Morgan fingerprint density at radius 1 is 1.05 bits per heavy atom. The van der Waals surface area contributed by atoms with Crippen molar-refractivity contribution in [3.63, 3.8) is 0 Å². The van der Waals surface area contributed by atoms with Gasteiger partial charge in [0.25, 0.3) is 5.91 Å². The van der Waals surface area contributed by atoms with Gasteiger partial charge in [0.1, 0.15) is 11.9 Å². The molecule has 1 aliphatic rings. The first kappa shape index (κ1) is 24.8. The number of aromatic amines is 1. The molecule has 3 aromatic carbocycles. The number of carbonyl (C=O) groups excluding carboxylic acids is 2. The highest BCUT2D eigenvalue weighted by molar-refractivity contribution is 6.30. The minimum absolute atomic E-state index is 0.0121. The fraction of sp³-hybridized carbons (Fsp3) is 0.276. The standard InChI is InChI=1S/C29H29ClN4O3/c1-33(18-20-7-3-2-4-8-20)27(35)17-21-19-34(16-15-26(21)37-23-13-11-22(30)12-14-23)29(36)28-24-9-5-6-10-25(24)31-32-28/h2-14,21,26H,15-19H2,1H3,(H,31,32)/t21-,26-/m0/s1. The van der Waals surface area contributed by atoms with Crippen LogP contribution in [0.4, 0.5) is 0 Å². The SMILES string of the molecule is CN(Cc1ccccc1)C(=O)C[C@H]1CN(C(=O)c2n[nH]c3ccccc23)CC[C@@H]1Oc1ccc(Cl)cc1. The Balaban J connectivity index is 1.33. The second-order valence-corrected chi connectivity index (χ2v) is 9.90. The monoisotopic (exact) mass is 516 g/mol. The predicted molar refractivity (Wildman–Crippen MR) is 144 cm³/mol. The molecule has 8 heteroatoms. The van der Waals surface area contributed by atoms with Gasteiger partial charge in [-0.3, -0.25) is 14.7 Å². The highest BCUT2D eigenvalue weighted by atomic mass is 35.5. The van der Waals surface area contributed by atoms with Gasteiger partial charge in [-0.15, -0.1) is 0 Å². The zero-order valence-corrected chi connectivity index (χ0v) is 21.4. The minimum atomic E-state index is -0.213. The van der Waals surface area contributed by atoms with Crippen LogP contribution in [0, 0.1) is 5.92 Å². The Morgan fingerprint density at radius 3 is 2.57 bits per heavy atom. The van der Waals surface area contributed by atoms with E-state index in [1.807, 2.05) is 73.8 Å². The number of piperidine rings is 1. The van der Waals surface area contributed by atoms with Gasteiger partial charge >= 0.3 is 0 Å². The van der Waals surface area contributed by atoms with Crippen molar-refractivity contribution in [3.8, 4) is 5.75 Å².